The van der Waals surface area contributed by atoms with Crippen molar-refractivity contribution in [2.24, 2.45) is 10.9 Å². The monoisotopic (exact) mass is 422 g/mol. The minimum absolute atomic E-state index is 0.547. The van der Waals surface area contributed by atoms with E-state index in [1.54, 1.807) is 6.26 Å². The summed E-state index contributed by atoms with van der Waals surface area (Å²) in [5.41, 5.74) is 1.26. The molecule has 3 heterocycles. The number of ether oxygens (including phenoxy) is 1. The molecule has 1 aromatic heterocycles. The fourth-order valence-electron chi connectivity index (χ4n) is 4.01. The number of benzene rings is 1. The van der Waals surface area contributed by atoms with Crippen molar-refractivity contribution in [2.75, 3.05) is 59.0 Å². The summed E-state index contributed by atoms with van der Waals surface area (Å²) in [4.78, 5) is 9.86. The van der Waals surface area contributed by atoms with Gasteiger partial charge in [0, 0.05) is 64.8 Å². The van der Waals surface area contributed by atoms with Crippen LogP contribution in [0.2, 0.25) is 0 Å². The standard InChI is InChI=1S/C25H34N4O2/c1-2-6-22(7-3-1)8-4-13-28-14-16-29(17-15-28)25(27-20-23-11-19-30-21-23)26-12-10-24-9-5-18-31-24/h1-9,18,23H,10-17,19-21H2,(H,26,27)/b8-4+. The maximum atomic E-state index is 5.52. The molecule has 2 fully saturated rings. The second-order valence-electron chi connectivity index (χ2n) is 8.25. The van der Waals surface area contributed by atoms with E-state index in [9.17, 15) is 0 Å². The first-order chi connectivity index (χ1) is 15.4. The summed E-state index contributed by atoms with van der Waals surface area (Å²) in [6.45, 7) is 8.44. The molecule has 1 N–H and O–H groups in total. The zero-order valence-electron chi connectivity index (χ0n) is 18.3. The molecule has 4 rings (SSSR count). The number of rotatable bonds is 8. The lowest BCUT2D eigenvalue weighted by atomic mass is 10.1. The van der Waals surface area contributed by atoms with Gasteiger partial charge >= 0.3 is 0 Å². The van der Waals surface area contributed by atoms with Gasteiger partial charge in [-0.25, -0.2) is 0 Å². The number of piperazine rings is 1. The van der Waals surface area contributed by atoms with Crippen molar-refractivity contribution in [1.82, 2.24) is 15.1 Å². The Morgan fingerprint density at radius 1 is 1.10 bits per heavy atom. The summed E-state index contributed by atoms with van der Waals surface area (Å²) in [6, 6.07) is 14.5. The number of furan rings is 1. The highest BCUT2D eigenvalue weighted by Crippen LogP contribution is 2.13. The summed E-state index contributed by atoms with van der Waals surface area (Å²) < 4.78 is 11.0. The lowest BCUT2D eigenvalue weighted by Gasteiger charge is -2.36. The van der Waals surface area contributed by atoms with E-state index >= 15 is 0 Å². The minimum Gasteiger partial charge on any atom is -0.469 e. The van der Waals surface area contributed by atoms with Crippen LogP contribution in [0.15, 0.2) is 64.2 Å². The van der Waals surface area contributed by atoms with Gasteiger partial charge in [-0.2, -0.15) is 0 Å². The molecule has 2 aromatic rings. The molecule has 0 spiro atoms. The van der Waals surface area contributed by atoms with Crippen LogP contribution in [0.1, 0.15) is 17.7 Å². The first-order valence-electron chi connectivity index (χ1n) is 11.4. The van der Waals surface area contributed by atoms with Crippen LogP contribution in [0.4, 0.5) is 0 Å². The van der Waals surface area contributed by atoms with Crippen molar-refractivity contribution >= 4 is 12.0 Å². The molecule has 1 atom stereocenters. The highest BCUT2D eigenvalue weighted by Gasteiger charge is 2.20. The van der Waals surface area contributed by atoms with Gasteiger partial charge in [-0.05, 0) is 24.1 Å². The second kappa shape index (κ2) is 11.7. The number of nitrogens with one attached hydrogen (secondary N) is 1. The average Bonchev–Trinajstić information content (AvgIpc) is 3.52. The van der Waals surface area contributed by atoms with E-state index in [0.717, 1.165) is 83.6 Å². The predicted octanol–water partition coefficient (Wildman–Crippen LogP) is 3.14. The van der Waals surface area contributed by atoms with E-state index in [2.05, 4.69) is 57.6 Å². The quantitative estimate of drug-likeness (QED) is 0.523. The molecule has 166 valence electrons. The molecule has 0 saturated carbocycles. The van der Waals surface area contributed by atoms with Crippen molar-refractivity contribution in [3.8, 4) is 0 Å². The predicted molar refractivity (Wildman–Crippen MR) is 125 cm³/mol. The molecule has 2 aliphatic heterocycles. The molecule has 2 saturated heterocycles. The maximum Gasteiger partial charge on any atom is 0.194 e. The third kappa shape index (κ3) is 6.97. The third-order valence-electron chi connectivity index (χ3n) is 5.90. The van der Waals surface area contributed by atoms with Gasteiger partial charge in [-0.3, -0.25) is 9.89 Å². The van der Waals surface area contributed by atoms with Gasteiger partial charge in [-0.1, -0.05) is 42.5 Å². The molecule has 2 aliphatic rings. The average molecular weight is 423 g/mol. The van der Waals surface area contributed by atoms with E-state index in [-0.39, 0.29) is 0 Å². The molecule has 0 aliphatic carbocycles. The topological polar surface area (TPSA) is 53.2 Å². The first-order valence-corrected chi connectivity index (χ1v) is 11.4. The first kappa shape index (κ1) is 21.7. The van der Waals surface area contributed by atoms with Crippen LogP contribution in [0.5, 0.6) is 0 Å². The zero-order valence-corrected chi connectivity index (χ0v) is 18.3. The summed E-state index contributed by atoms with van der Waals surface area (Å²) >= 11 is 0. The number of guanidine groups is 1. The summed E-state index contributed by atoms with van der Waals surface area (Å²) in [6.07, 6.45) is 8.18. The van der Waals surface area contributed by atoms with E-state index in [1.165, 1.54) is 5.56 Å². The van der Waals surface area contributed by atoms with E-state index < -0.39 is 0 Å². The molecular formula is C25H34N4O2. The zero-order chi connectivity index (χ0) is 21.1. The fourth-order valence-corrected chi connectivity index (χ4v) is 4.01. The number of hydrogen-bond acceptors (Lipinski definition) is 4. The Kier molecular flexibility index (Phi) is 8.19. The van der Waals surface area contributed by atoms with Crippen molar-refractivity contribution < 1.29 is 9.15 Å². The van der Waals surface area contributed by atoms with Crippen LogP contribution >= 0.6 is 0 Å². The van der Waals surface area contributed by atoms with Gasteiger partial charge in [0.05, 0.1) is 12.9 Å². The lowest BCUT2D eigenvalue weighted by Crippen LogP contribution is -2.52. The van der Waals surface area contributed by atoms with Crippen molar-refractivity contribution in [2.45, 2.75) is 12.8 Å². The minimum atomic E-state index is 0.547. The molecule has 0 radical (unpaired) electrons. The SMILES string of the molecule is C(=C\c1ccccc1)/CN1CCN(C(=NCC2CCOC2)NCCc2ccco2)CC1. The Morgan fingerprint density at radius 2 is 1.97 bits per heavy atom. The van der Waals surface area contributed by atoms with E-state index in [4.69, 9.17) is 14.1 Å². The molecule has 6 heteroatoms. The Morgan fingerprint density at radius 3 is 2.71 bits per heavy atom. The maximum absolute atomic E-state index is 5.52. The van der Waals surface area contributed by atoms with E-state index in [0.29, 0.717) is 5.92 Å². The Balaban J connectivity index is 1.26. The van der Waals surface area contributed by atoms with Crippen LogP contribution in [-0.4, -0.2) is 74.8 Å². The molecule has 6 nitrogen and oxygen atoms in total. The molecule has 0 amide bonds. The molecular weight excluding hydrogens is 388 g/mol. The lowest BCUT2D eigenvalue weighted by molar-refractivity contribution is 0.186. The Bertz CT molecular complexity index is 805. The number of aliphatic imine (C=N–C) groups is 1. The second-order valence-corrected chi connectivity index (χ2v) is 8.25. The molecule has 31 heavy (non-hydrogen) atoms. The van der Waals surface area contributed by atoms with Gasteiger partial charge in [0.25, 0.3) is 0 Å². The Labute approximate surface area is 185 Å². The van der Waals surface area contributed by atoms with Crippen LogP contribution < -0.4 is 5.32 Å². The van der Waals surface area contributed by atoms with Gasteiger partial charge < -0.3 is 19.4 Å². The van der Waals surface area contributed by atoms with Crippen LogP contribution in [0.3, 0.4) is 0 Å². The van der Waals surface area contributed by atoms with Crippen molar-refractivity contribution in [3.05, 3.63) is 66.1 Å². The Hall–Kier alpha value is -2.57. The third-order valence-corrected chi connectivity index (χ3v) is 5.90. The largest absolute Gasteiger partial charge is 0.469 e. The van der Waals surface area contributed by atoms with Gasteiger partial charge in [0.1, 0.15) is 5.76 Å². The van der Waals surface area contributed by atoms with Gasteiger partial charge in [0.2, 0.25) is 0 Å². The molecule has 1 aromatic carbocycles. The van der Waals surface area contributed by atoms with Crippen LogP contribution in [0.25, 0.3) is 6.08 Å². The van der Waals surface area contributed by atoms with Gasteiger partial charge in [-0.15, -0.1) is 0 Å². The summed E-state index contributed by atoms with van der Waals surface area (Å²) in [5, 5.41) is 3.57. The molecule has 1 unspecified atom stereocenters. The van der Waals surface area contributed by atoms with Crippen LogP contribution in [0, 0.1) is 5.92 Å². The van der Waals surface area contributed by atoms with Crippen molar-refractivity contribution in [1.29, 1.82) is 0 Å². The highest BCUT2D eigenvalue weighted by atomic mass is 16.5. The summed E-state index contributed by atoms with van der Waals surface area (Å²) in [5.74, 6) is 2.58. The highest BCUT2D eigenvalue weighted by molar-refractivity contribution is 5.80. The number of nitrogens with zero attached hydrogens (tertiary/aromatic N) is 3. The number of hydrogen-bond donors (Lipinski definition) is 1. The van der Waals surface area contributed by atoms with E-state index in [1.807, 2.05) is 12.1 Å². The summed E-state index contributed by atoms with van der Waals surface area (Å²) in [7, 11) is 0. The van der Waals surface area contributed by atoms with Crippen LogP contribution in [-0.2, 0) is 11.2 Å². The molecule has 0 bridgehead atoms. The smallest absolute Gasteiger partial charge is 0.194 e. The normalized spacial score (nSPS) is 20.6. The fraction of sp³-hybridized carbons (Fsp3) is 0.480. The van der Waals surface area contributed by atoms with Gasteiger partial charge in [0.15, 0.2) is 5.96 Å². The van der Waals surface area contributed by atoms with Crippen molar-refractivity contribution in [3.63, 3.8) is 0 Å².